The fraction of sp³-hybridized carbons (Fsp3) is 0.636. The summed E-state index contributed by atoms with van der Waals surface area (Å²) in [6.45, 7) is 10.6. The fourth-order valence-corrected chi connectivity index (χ4v) is 4.11. The van der Waals surface area contributed by atoms with Crippen molar-refractivity contribution in [2.45, 2.75) is 65.5 Å². The molecule has 0 saturated carbocycles. The zero-order chi connectivity index (χ0) is 20.7. The van der Waals surface area contributed by atoms with Crippen molar-refractivity contribution in [3.8, 4) is 0 Å². The quantitative estimate of drug-likeness (QED) is 0.679. The lowest BCUT2D eigenvalue weighted by Gasteiger charge is -2.39. The molecule has 1 aromatic carbocycles. The van der Waals surface area contributed by atoms with E-state index >= 15 is 0 Å². The predicted octanol–water partition coefficient (Wildman–Crippen LogP) is 3.01. The summed E-state index contributed by atoms with van der Waals surface area (Å²) in [4.78, 5) is 28.2. The van der Waals surface area contributed by atoms with E-state index in [1.807, 2.05) is 18.7 Å². The summed E-state index contributed by atoms with van der Waals surface area (Å²) in [5.41, 5.74) is 3.31. The second kappa shape index (κ2) is 10.6. The van der Waals surface area contributed by atoms with Crippen LogP contribution in [0.3, 0.4) is 0 Å². The van der Waals surface area contributed by atoms with Gasteiger partial charge in [-0.15, -0.1) is 0 Å². The number of likely N-dealkylation sites (tertiary alicyclic amines) is 1. The average Bonchev–Trinajstić information content (AvgIpc) is 2.71. The second-order valence-corrected chi connectivity index (χ2v) is 7.55. The number of carboxylic acids is 1. The molecule has 0 bridgehead atoms. The molecule has 156 valence electrons. The Labute approximate surface area is 168 Å². The lowest BCUT2D eigenvalue weighted by Crippen LogP contribution is -2.51. The van der Waals surface area contributed by atoms with Crippen molar-refractivity contribution in [1.82, 2.24) is 9.80 Å². The summed E-state index contributed by atoms with van der Waals surface area (Å²) in [5.74, 6) is -0.745. The number of hydrogen-bond donors (Lipinski definition) is 2. The van der Waals surface area contributed by atoms with Crippen LogP contribution in [0.5, 0.6) is 0 Å². The number of carboxylic acid groups (broad SMARTS) is 1. The number of nitrogens with zero attached hydrogens (tertiary/aromatic N) is 2. The van der Waals surface area contributed by atoms with Crippen molar-refractivity contribution >= 4 is 17.6 Å². The van der Waals surface area contributed by atoms with Gasteiger partial charge in [-0.3, -0.25) is 19.4 Å². The van der Waals surface area contributed by atoms with Crippen molar-refractivity contribution in [1.29, 1.82) is 0 Å². The van der Waals surface area contributed by atoms with E-state index in [1.165, 1.54) is 11.1 Å². The molecule has 1 atom stereocenters. The molecule has 1 amide bonds. The third-order valence-electron chi connectivity index (χ3n) is 5.93. The first kappa shape index (κ1) is 22.4. The van der Waals surface area contributed by atoms with Crippen molar-refractivity contribution in [2.24, 2.45) is 0 Å². The topological polar surface area (TPSA) is 72.9 Å². The van der Waals surface area contributed by atoms with Crippen LogP contribution in [0.1, 0.15) is 51.7 Å². The molecule has 28 heavy (non-hydrogen) atoms. The van der Waals surface area contributed by atoms with Crippen LogP contribution in [-0.2, 0) is 22.4 Å². The van der Waals surface area contributed by atoms with Gasteiger partial charge in [0.15, 0.2) is 0 Å². The Balaban J connectivity index is 1.97. The molecule has 6 heteroatoms. The summed E-state index contributed by atoms with van der Waals surface area (Å²) in [5, 5.41) is 12.3. The van der Waals surface area contributed by atoms with E-state index in [-0.39, 0.29) is 24.5 Å². The van der Waals surface area contributed by atoms with Crippen LogP contribution in [-0.4, -0.2) is 65.0 Å². The van der Waals surface area contributed by atoms with Crippen molar-refractivity contribution in [3.05, 3.63) is 29.3 Å². The van der Waals surface area contributed by atoms with Gasteiger partial charge < -0.3 is 10.4 Å². The van der Waals surface area contributed by atoms with Crippen LogP contribution in [0, 0.1) is 0 Å². The van der Waals surface area contributed by atoms with Crippen molar-refractivity contribution in [2.75, 3.05) is 31.5 Å². The first-order valence-corrected chi connectivity index (χ1v) is 10.5. The van der Waals surface area contributed by atoms with E-state index in [4.69, 9.17) is 5.11 Å². The van der Waals surface area contributed by atoms with Gasteiger partial charge >= 0.3 is 5.97 Å². The second-order valence-electron chi connectivity index (χ2n) is 7.55. The third-order valence-corrected chi connectivity index (χ3v) is 5.93. The molecule has 1 unspecified atom stereocenters. The summed E-state index contributed by atoms with van der Waals surface area (Å²) >= 11 is 0. The van der Waals surface area contributed by atoms with E-state index in [2.05, 4.69) is 42.3 Å². The number of nitrogens with one attached hydrogen (secondary N) is 1. The van der Waals surface area contributed by atoms with Crippen LogP contribution >= 0.6 is 0 Å². The Bertz CT molecular complexity index is 647. The van der Waals surface area contributed by atoms with Crippen LogP contribution in [0.4, 0.5) is 5.69 Å². The number of piperidine rings is 1. The Hall–Kier alpha value is -1.92. The van der Waals surface area contributed by atoms with Crippen molar-refractivity contribution < 1.29 is 14.7 Å². The highest BCUT2D eigenvalue weighted by Gasteiger charge is 2.30. The first-order chi connectivity index (χ1) is 13.4. The molecule has 0 aromatic heterocycles. The highest BCUT2D eigenvalue weighted by molar-refractivity contribution is 5.96. The van der Waals surface area contributed by atoms with Crippen LogP contribution < -0.4 is 5.32 Å². The molecule has 0 aliphatic carbocycles. The van der Waals surface area contributed by atoms with Crippen LogP contribution in [0.15, 0.2) is 18.2 Å². The Kier molecular flexibility index (Phi) is 8.45. The molecule has 1 saturated heterocycles. The maximum absolute atomic E-state index is 12.9. The number of likely N-dealkylation sites (N-methyl/N-ethyl adjacent to an activating group) is 1. The number of rotatable bonds is 9. The molecule has 2 N–H and O–H groups in total. The van der Waals surface area contributed by atoms with Gasteiger partial charge in [0.05, 0.1) is 12.6 Å². The molecule has 1 aliphatic rings. The monoisotopic (exact) mass is 389 g/mol. The van der Waals surface area contributed by atoms with Gasteiger partial charge in [-0.25, -0.2) is 0 Å². The minimum atomic E-state index is -0.779. The first-order valence-electron chi connectivity index (χ1n) is 10.5. The zero-order valence-corrected chi connectivity index (χ0v) is 17.7. The van der Waals surface area contributed by atoms with Crippen molar-refractivity contribution in [3.63, 3.8) is 0 Å². The number of carbonyl (C=O) groups excluding carboxylic acids is 1. The van der Waals surface area contributed by atoms with E-state index < -0.39 is 5.97 Å². The third kappa shape index (κ3) is 5.55. The molecule has 0 spiro atoms. The molecule has 1 aromatic rings. The summed E-state index contributed by atoms with van der Waals surface area (Å²) in [6, 6.07) is 6.28. The summed E-state index contributed by atoms with van der Waals surface area (Å²) < 4.78 is 0. The molecule has 1 aliphatic heterocycles. The van der Waals surface area contributed by atoms with Gasteiger partial charge in [-0.05, 0) is 50.3 Å². The number of anilines is 1. The highest BCUT2D eigenvalue weighted by Crippen LogP contribution is 2.24. The normalized spacial score (nSPS) is 16.9. The number of benzene rings is 1. The van der Waals surface area contributed by atoms with Gasteiger partial charge in [-0.2, -0.15) is 0 Å². The Morgan fingerprint density at radius 1 is 1.18 bits per heavy atom. The molecular formula is C22H35N3O3. The summed E-state index contributed by atoms with van der Waals surface area (Å²) in [7, 11) is 0. The van der Waals surface area contributed by atoms with Gasteiger partial charge in [0.25, 0.3) is 0 Å². The molecule has 2 rings (SSSR count). The maximum Gasteiger partial charge on any atom is 0.317 e. The minimum absolute atomic E-state index is 0.0342. The largest absolute Gasteiger partial charge is 0.480 e. The van der Waals surface area contributed by atoms with Gasteiger partial charge in [0.1, 0.15) is 0 Å². The number of hydrogen-bond acceptors (Lipinski definition) is 4. The summed E-state index contributed by atoms with van der Waals surface area (Å²) in [6.07, 6.45) is 3.56. The molecular weight excluding hydrogens is 354 g/mol. The number of para-hydroxylation sites is 1. The lowest BCUT2D eigenvalue weighted by atomic mass is 10.0. The smallest absolute Gasteiger partial charge is 0.317 e. The number of aliphatic carboxylic acids is 1. The fourth-order valence-electron chi connectivity index (χ4n) is 4.11. The number of amides is 1. The minimum Gasteiger partial charge on any atom is -0.480 e. The average molecular weight is 390 g/mol. The standard InChI is InChI=1S/C22H35N3O3/c1-5-17-9-8-10-18(6-2)21(17)23-22(28)16(4)25-13-11-19(12-14-25)24(7-3)15-20(26)27/h8-10,16,19H,5-7,11-15H2,1-4H3,(H,23,28)(H,26,27). The predicted molar refractivity (Wildman–Crippen MR) is 113 cm³/mol. The lowest BCUT2D eigenvalue weighted by molar-refractivity contribution is -0.139. The van der Waals surface area contributed by atoms with E-state index in [0.29, 0.717) is 0 Å². The molecule has 0 radical (unpaired) electrons. The van der Waals surface area contributed by atoms with Gasteiger partial charge in [0.2, 0.25) is 5.91 Å². The van der Waals surface area contributed by atoms with Crippen LogP contribution in [0.25, 0.3) is 0 Å². The highest BCUT2D eigenvalue weighted by atomic mass is 16.4. The maximum atomic E-state index is 12.9. The Morgan fingerprint density at radius 3 is 2.21 bits per heavy atom. The molecule has 1 heterocycles. The van der Waals surface area contributed by atoms with E-state index in [9.17, 15) is 9.59 Å². The SMILES string of the molecule is CCc1cccc(CC)c1NC(=O)C(C)N1CCC(N(CC)CC(=O)O)CC1. The van der Waals surface area contributed by atoms with E-state index in [0.717, 1.165) is 51.0 Å². The van der Waals surface area contributed by atoms with E-state index in [1.54, 1.807) is 0 Å². The zero-order valence-electron chi connectivity index (χ0n) is 17.7. The number of aryl methyl sites for hydroxylation is 2. The van der Waals surface area contributed by atoms with Crippen LogP contribution in [0.2, 0.25) is 0 Å². The Morgan fingerprint density at radius 2 is 1.75 bits per heavy atom. The number of carbonyl (C=O) groups is 2. The molecule has 1 fully saturated rings. The van der Waals surface area contributed by atoms with Gasteiger partial charge in [0, 0.05) is 24.8 Å². The van der Waals surface area contributed by atoms with Gasteiger partial charge in [-0.1, -0.05) is 39.0 Å². The molecule has 6 nitrogen and oxygen atoms in total.